The van der Waals surface area contributed by atoms with E-state index in [-0.39, 0.29) is 15.8 Å². The number of aromatic hydroxyl groups is 1. The number of phenolic OH excluding ortho intramolecular Hbond substituents is 1. The summed E-state index contributed by atoms with van der Waals surface area (Å²) in [7, 11) is 0. The Bertz CT molecular complexity index is 315. The number of phenols is 1. The van der Waals surface area contributed by atoms with E-state index in [1.54, 1.807) is 0 Å². The Morgan fingerprint density at radius 1 is 1.54 bits per heavy atom. The third-order valence-electron chi connectivity index (χ3n) is 1.64. The van der Waals surface area contributed by atoms with Crippen LogP contribution in [0.5, 0.6) is 5.75 Å². The van der Waals surface area contributed by atoms with E-state index in [1.807, 2.05) is 0 Å². The molecule has 0 unspecified atom stereocenters. The summed E-state index contributed by atoms with van der Waals surface area (Å²) in [6.07, 6.45) is 0. The average molecular weight is 252 g/mol. The molecule has 5 heteroatoms. The maximum absolute atomic E-state index is 13.1. The largest absolute Gasteiger partial charge is 0.506 e. The van der Waals surface area contributed by atoms with Gasteiger partial charge in [0.25, 0.3) is 0 Å². The highest BCUT2D eigenvalue weighted by molar-refractivity contribution is 9.10. The van der Waals surface area contributed by atoms with Gasteiger partial charge in [0.15, 0.2) is 11.6 Å². The van der Waals surface area contributed by atoms with Crippen molar-refractivity contribution in [2.24, 2.45) is 5.73 Å². The molecule has 0 saturated carbocycles. The lowest BCUT2D eigenvalue weighted by molar-refractivity contribution is 0.431. The quantitative estimate of drug-likeness (QED) is 0.754. The molecule has 13 heavy (non-hydrogen) atoms. The fourth-order valence-electron chi connectivity index (χ4n) is 1.02. The molecule has 1 aromatic carbocycles. The van der Waals surface area contributed by atoms with Crippen LogP contribution >= 0.6 is 15.9 Å². The summed E-state index contributed by atoms with van der Waals surface area (Å²) in [5.41, 5.74) is 5.15. The average Bonchev–Trinajstić information content (AvgIpc) is 2.01. The van der Waals surface area contributed by atoms with E-state index in [9.17, 15) is 13.9 Å². The Labute approximate surface area is 82.5 Å². The summed E-state index contributed by atoms with van der Waals surface area (Å²) in [6.45, 7) is 1.46. The smallest absolute Gasteiger partial charge is 0.167 e. The highest BCUT2D eigenvalue weighted by atomic mass is 79.9. The van der Waals surface area contributed by atoms with Gasteiger partial charge < -0.3 is 10.8 Å². The Kier molecular flexibility index (Phi) is 2.87. The summed E-state index contributed by atoms with van der Waals surface area (Å²) in [6, 6.07) is 0.100. The molecule has 1 atom stereocenters. The molecule has 0 amide bonds. The molecule has 72 valence electrons. The zero-order valence-corrected chi connectivity index (χ0v) is 8.40. The van der Waals surface area contributed by atoms with Crippen LogP contribution in [0.4, 0.5) is 8.78 Å². The number of nitrogens with two attached hydrogens (primary N) is 1. The Morgan fingerprint density at radius 3 is 2.54 bits per heavy atom. The molecule has 0 fully saturated rings. The topological polar surface area (TPSA) is 46.2 Å². The number of hydrogen-bond donors (Lipinski definition) is 2. The minimum atomic E-state index is -1.10. The lowest BCUT2D eigenvalue weighted by atomic mass is 10.1. The molecule has 1 aromatic rings. The highest BCUT2D eigenvalue weighted by Gasteiger charge is 2.19. The van der Waals surface area contributed by atoms with Crippen molar-refractivity contribution in [3.05, 3.63) is 27.7 Å². The lowest BCUT2D eigenvalue weighted by Gasteiger charge is -2.11. The third-order valence-corrected chi connectivity index (χ3v) is 2.24. The lowest BCUT2D eigenvalue weighted by Crippen LogP contribution is -2.09. The standard InChI is InChI=1S/C8H8BrF2NO/c1-3(12)6-7(11)5(10)2-4(9)8(6)13/h2-3,13H,12H2,1H3/t3-/m0/s1. The van der Waals surface area contributed by atoms with Crippen molar-refractivity contribution < 1.29 is 13.9 Å². The van der Waals surface area contributed by atoms with Gasteiger partial charge in [0.2, 0.25) is 0 Å². The summed E-state index contributed by atoms with van der Waals surface area (Å²) in [5, 5.41) is 9.34. The van der Waals surface area contributed by atoms with E-state index in [0.29, 0.717) is 0 Å². The Hall–Kier alpha value is -0.680. The van der Waals surface area contributed by atoms with Crippen molar-refractivity contribution in [3.8, 4) is 5.75 Å². The summed E-state index contributed by atoms with van der Waals surface area (Å²) >= 11 is 2.89. The first-order valence-corrected chi connectivity index (χ1v) is 4.36. The van der Waals surface area contributed by atoms with E-state index < -0.39 is 17.7 Å². The van der Waals surface area contributed by atoms with Crippen LogP contribution in [0, 0.1) is 11.6 Å². The van der Waals surface area contributed by atoms with Gasteiger partial charge in [-0.2, -0.15) is 0 Å². The molecule has 0 aliphatic heterocycles. The van der Waals surface area contributed by atoms with Gasteiger partial charge in [-0.25, -0.2) is 8.78 Å². The molecule has 3 N–H and O–H groups in total. The maximum Gasteiger partial charge on any atom is 0.167 e. The Morgan fingerprint density at radius 2 is 2.08 bits per heavy atom. The number of halogens is 3. The van der Waals surface area contributed by atoms with Crippen molar-refractivity contribution in [2.45, 2.75) is 13.0 Å². The van der Waals surface area contributed by atoms with Gasteiger partial charge in [-0.1, -0.05) is 0 Å². The SMILES string of the molecule is C[C@H](N)c1c(O)c(Br)cc(F)c1F. The molecular weight excluding hydrogens is 244 g/mol. The van der Waals surface area contributed by atoms with Crippen molar-refractivity contribution in [1.29, 1.82) is 0 Å². The zero-order chi connectivity index (χ0) is 10.2. The first kappa shape index (κ1) is 10.4. The molecule has 0 bridgehead atoms. The minimum Gasteiger partial charge on any atom is -0.506 e. The van der Waals surface area contributed by atoms with Gasteiger partial charge in [-0.15, -0.1) is 0 Å². The second-order valence-corrected chi connectivity index (χ2v) is 3.56. The van der Waals surface area contributed by atoms with Gasteiger partial charge in [-0.3, -0.25) is 0 Å². The zero-order valence-electron chi connectivity index (χ0n) is 6.81. The Balaban J connectivity index is 3.46. The normalized spacial score (nSPS) is 13.0. The van der Waals surface area contributed by atoms with Crippen LogP contribution in [0.15, 0.2) is 10.5 Å². The van der Waals surface area contributed by atoms with E-state index in [4.69, 9.17) is 5.73 Å². The van der Waals surface area contributed by atoms with Crippen molar-refractivity contribution in [1.82, 2.24) is 0 Å². The van der Waals surface area contributed by atoms with Crippen LogP contribution < -0.4 is 5.73 Å². The predicted molar refractivity (Wildman–Crippen MR) is 48.3 cm³/mol. The molecule has 0 radical (unpaired) electrons. The molecule has 0 aliphatic rings. The maximum atomic E-state index is 13.1. The fourth-order valence-corrected chi connectivity index (χ4v) is 1.43. The van der Waals surface area contributed by atoms with Gasteiger partial charge >= 0.3 is 0 Å². The first-order valence-electron chi connectivity index (χ1n) is 3.57. The van der Waals surface area contributed by atoms with Crippen LogP contribution in [0.2, 0.25) is 0 Å². The molecule has 2 nitrogen and oxygen atoms in total. The van der Waals surface area contributed by atoms with E-state index in [0.717, 1.165) is 6.07 Å². The van der Waals surface area contributed by atoms with Crippen LogP contribution in [0.1, 0.15) is 18.5 Å². The number of hydrogen-bond acceptors (Lipinski definition) is 2. The van der Waals surface area contributed by atoms with Crippen molar-refractivity contribution in [3.63, 3.8) is 0 Å². The second-order valence-electron chi connectivity index (χ2n) is 2.71. The summed E-state index contributed by atoms with van der Waals surface area (Å²) < 4.78 is 26.0. The van der Waals surface area contributed by atoms with Crippen molar-refractivity contribution >= 4 is 15.9 Å². The monoisotopic (exact) mass is 251 g/mol. The number of benzene rings is 1. The summed E-state index contributed by atoms with van der Waals surface area (Å²) in [5.74, 6) is -2.48. The summed E-state index contributed by atoms with van der Waals surface area (Å²) in [4.78, 5) is 0. The van der Waals surface area contributed by atoms with Gasteiger partial charge in [0.1, 0.15) is 5.75 Å². The van der Waals surface area contributed by atoms with E-state index in [2.05, 4.69) is 15.9 Å². The van der Waals surface area contributed by atoms with Crippen molar-refractivity contribution in [2.75, 3.05) is 0 Å². The molecule has 0 aromatic heterocycles. The van der Waals surface area contributed by atoms with E-state index >= 15 is 0 Å². The molecule has 1 rings (SSSR count). The molecule has 0 spiro atoms. The molecular formula is C8H8BrF2NO. The predicted octanol–water partition coefficient (Wildman–Crippen LogP) is 2.45. The molecule has 0 saturated heterocycles. The van der Waals surface area contributed by atoms with Crippen LogP contribution in [0.25, 0.3) is 0 Å². The van der Waals surface area contributed by atoms with Crippen LogP contribution in [-0.4, -0.2) is 5.11 Å². The minimum absolute atomic E-state index is 0.0960. The third kappa shape index (κ3) is 1.81. The molecule has 0 aliphatic carbocycles. The second kappa shape index (κ2) is 3.59. The van der Waals surface area contributed by atoms with Gasteiger partial charge in [-0.05, 0) is 28.9 Å². The van der Waals surface area contributed by atoms with Crippen LogP contribution in [-0.2, 0) is 0 Å². The molecule has 0 heterocycles. The first-order chi connectivity index (χ1) is 5.95. The van der Waals surface area contributed by atoms with Gasteiger partial charge in [0, 0.05) is 6.04 Å². The fraction of sp³-hybridized carbons (Fsp3) is 0.250. The van der Waals surface area contributed by atoms with Crippen LogP contribution in [0.3, 0.4) is 0 Å². The van der Waals surface area contributed by atoms with Gasteiger partial charge in [0.05, 0.1) is 10.0 Å². The highest BCUT2D eigenvalue weighted by Crippen LogP contribution is 2.34. The van der Waals surface area contributed by atoms with E-state index in [1.165, 1.54) is 6.92 Å². The number of rotatable bonds is 1.